The number of hydrogen-bond donors (Lipinski definition) is 0. The molecule has 4 nitrogen and oxygen atoms in total. The first-order chi connectivity index (χ1) is 28.8. The SMILES string of the molecule is C1=CC2c3ccc4c(c3N(c3ccc5c(c3)c3ccccc3n5-c3ccccc3)C2C=C1)c1ccccc1n4-c1ccc2c(c1)c1ccccc1n2-c1ccccc1. The van der Waals surface area contributed by atoms with Crippen molar-refractivity contribution in [3.8, 4) is 17.1 Å². The summed E-state index contributed by atoms with van der Waals surface area (Å²) in [5.74, 6) is 0.244. The van der Waals surface area contributed by atoms with Crippen molar-refractivity contribution in [1.82, 2.24) is 13.7 Å². The molecule has 0 saturated carbocycles. The van der Waals surface area contributed by atoms with Crippen LogP contribution in [-0.4, -0.2) is 19.7 Å². The van der Waals surface area contributed by atoms with Gasteiger partial charge in [0.1, 0.15) is 0 Å². The van der Waals surface area contributed by atoms with Gasteiger partial charge in [-0.1, -0.05) is 121 Å². The summed E-state index contributed by atoms with van der Waals surface area (Å²) in [6.07, 6.45) is 9.23. The molecule has 11 aromatic rings. The van der Waals surface area contributed by atoms with Crippen molar-refractivity contribution in [2.75, 3.05) is 4.90 Å². The van der Waals surface area contributed by atoms with E-state index in [0.29, 0.717) is 0 Å². The van der Waals surface area contributed by atoms with Gasteiger partial charge in [-0.25, -0.2) is 0 Å². The van der Waals surface area contributed by atoms with Gasteiger partial charge in [-0.3, -0.25) is 0 Å². The second-order valence-electron chi connectivity index (χ2n) is 15.7. The van der Waals surface area contributed by atoms with Gasteiger partial charge in [-0.15, -0.1) is 0 Å². The summed E-state index contributed by atoms with van der Waals surface area (Å²) in [6.45, 7) is 0. The summed E-state index contributed by atoms with van der Waals surface area (Å²) in [5.41, 5.74) is 14.6. The van der Waals surface area contributed by atoms with Gasteiger partial charge in [0.05, 0.1) is 44.8 Å². The van der Waals surface area contributed by atoms with Crippen LogP contribution in [0.15, 0.2) is 206 Å². The van der Waals surface area contributed by atoms with Crippen LogP contribution in [0, 0.1) is 0 Å². The van der Waals surface area contributed by atoms with Gasteiger partial charge < -0.3 is 18.6 Å². The Hall–Kier alpha value is -7.56. The number of allylic oxidation sites excluding steroid dienone is 2. The molecule has 58 heavy (non-hydrogen) atoms. The molecule has 13 rings (SSSR count). The average molecular weight is 741 g/mol. The van der Waals surface area contributed by atoms with Crippen LogP contribution in [0.2, 0.25) is 0 Å². The summed E-state index contributed by atoms with van der Waals surface area (Å²) in [4.78, 5) is 2.63. The molecule has 2 aliphatic rings. The molecule has 4 heterocycles. The van der Waals surface area contributed by atoms with E-state index in [1.165, 1.54) is 93.7 Å². The number of para-hydroxylation sites is 5. The molecule has 0 spiro atoms. The molecule has 272 valence electrons. The van der Waals surface area contributed by atoms with E-state index >= 15 is 0 Å². The van der Waals surface area contributed by atoms with Crippen LogP contribution < -0.4 is 4.90 Å². The standard InChI is InChI=1S/C54H36N4/c1-3-15-35(16-4-1)55-46-23-11-8-20-40(46)44-33-37(27-30-50(44)55)57-49-26-14-10-22-43(49)53-52(57)32-29-42-39-19-7-13-25-48(39)58(54(42)53)38-28-31-51-45(34-38)41-21-9-12-24-47(41)56(51)36-17-5-2-6-18-36/h1-34,39,48H. The molecule has 8 aromatic carbocycles. The lowest BCUT2D eigenvalue weighted by Gasteiger charge is -2.29. The maximum Gasteiger partial charge on any atom is 0.0629 e. The molecule has 2 atom stereocenters. The minimum absolute atomic E-state index is 0.160. The summed E-state index contributed by atoms with van der Waals surface area (Å²) < 4.78 is 7.28. The fourth-order valence-electron chi connectivity index (χ4n) is 10.4. The minimum atomic E-state index is 0.160. The largest absolute Gasteiger partial charge is 0.333 e. The smallest absolute Gasteiger partial charge is 0.0629 e. The van der Waals surface area contributed by atoms with Gasteiger partial charge in [-0.2, -0.15) is 0 Å². The van der Waals surface area contributed by atoms with Gasteiger partial charge in [0.25, 0.3) is 0 Å². The Morgan fingerprint density at radius 3 is 1.43 bits per heavy atom. The molecular formula is C54H36N4. The quantitative estimate of drug-likeness (QED) is 0.176. The minimum Gasteiger partial charge on any atom is -0.333 e. The van der Waals surface area contributed by atoms with E-state index in [2.05, 4.69) is 225 Å². The monoisotopic (exact) mass is 740 g/mol. The first-order valence-corrected chi connectivity index (χ1v) is 20.2. The number of anilines is 2. The highest BCUT2D eigenvalue weighted by Gasteiger charge is 2.40. The molecule has 0 fully saturated rings. The molecule has 1 aliphatic carbocycles. The van der Waals surface area contributed by atoms with E-state index in [1.807, 2.05) is 0 Å². The zero-order chi connectivity index (χ0) is 37.9. The van der Waals surface area contributed by atoms with Gasteiger partial charge in [0.2, 0.25) is 0 Å². The Labute approximate surface area is 335 Å². The van der Waals surface area contributed by atoms with E-state index in [-0.39, 0.29) is 12.0 Å². The van der Waals surface area contributed by atoms with Crippen molar-refractivity contribution in [3.63, 3.8) is 0 Å². The van der Waals surface area contributed by atoms with Crippen molar-refractivity contribution in [1.29, 1.82) is 0 Å². The fourth-order valence-corrected chi connectivity index (χ4v) is 10.4. The fraction of sp³-hybridized carbons (Fsp3) is 0.0370. The number of fused-ring (bicyclic) bond motifs is 13. The van der Waals surface area contributed by atoms with Gasteiger partial charge in [0.15, 0.2) is 0 Å². The molecular weight excluding hydrogens is 705 g/mol. The topological polar surface area (TPSA) is 18.0 Å². The zero-order valence-corrected chi connectivity index (χ0v) is 31.6. The second-order valence-corrected chi connectivity index (χ2v) is 15.7. The molecule has 4 heteroatoms. The highest BCUT2D eigenvalue weighted by molar-refractivity contribution is 6.18. The third-order valence-corrected chi connectivity index (χ3v) is 12.7. The Morgan fingerprint density at radius 1 is 0.328 bits per heavy atom. The second kappa shape index (κ2) is 12.0. The number of benzene rings is 8. The average Bonchev–Trinajstić information content (AvgIpc) is 4.01. The van der Waals surface area contributed by atoms with Gasteiger partial charge in [0, 0.05) is 61.0 Å². The Balaban J connectivity index is 1.06. The third kappa shape index (κ3) is 4.29. The summed E-state index contributed by atoms with van der Waals surface area (Å²) in [6, 6.07) is 67.1. The Bertz CT molecular complexity index is 3520. The van der Waals surface area contributed by atoms with Gasteiger partial charge in [-0.05, 0) is 90.5 Å². The summed E-state index contributed by atoms with van der Waals surface area (Å²) in [5, 5.41) is 7.58. The Morgan fingerprint density at radius 2 is 0.793 bits per heavy atom. The highest BCUT2D eigenvalue weighted by Crippen LogP contribution is 2.53. The van der Waals surface area contributed by atoms with Crippen molar-refractivity contribution in [2.24, 2.45) is 0 Å². The molecule has 1 aliphatic heterocycles. The van der Waals surface area contributed by atoms with Crippen LogP contribution in [0.1, 0.15) is 11.5 Å². The molecule has 2 unspecified atom stereocenters. The maximum absolute atomic E-state index is 2.63. The highest BCUT2D eigenvalue weighted by atomic mass is 15.2. The molecule has 0 N–H and O–H groups in total. The first-order valence-electron chi connectivity index (χ1n) is 20.2. The van der Waals surface area contributed by atoms with E-state index in [0.717, 1.165) is 5.69 Å². The lowest BCUT2D eigenvalue weighted by atomic mass is 9.91. The molecule has 0 amide bonds. The van der Waals surface area contributed by atoms with Gasteiger partial charge >= 0.3 is 0 Å². The van der Waals surface area contributed by atoms with Crippen molar-refractivity contribution < 1.29 is 0 Å². The van der Waals surface area contributed by atoms with E-state index in [1.54, 1.807) is 0 Å². The van der Waals surface area contributed by atoms with Crippen LogP contribution in [0.5, 0.6) is 0 Å². The molecule has 0 radical (unpaired) electrons. The van der Waals surface area contributed by atoms with Crippen LogP contribution >= 0.6 is 0 Å². The predicted molar refractivity (Wildman–Crippen MR) is 243 cm³/mol. The van der Waals surface area contributed by atoms with E-state index in [9.17, 15) is 0 Å². The van der Waals surface area contributed by atoms with Crippen molar-refractivity contribution in [3.05, 3.63) is 212 Å². The lowest BCUT2D eigenvalue weighted by Crippen LogP contribution is -2.28. The molecule has 0 saturated heterocycles. The summed E-state index contributed by atoms with van der Waals surface area (Å²) >= 11 is 0. The first kappa shape index (κ1) is 31.6. The van der Waals surface area contributed by atoms with E-state index < -0.39 is 0 Å². The molecule has 0 bridgehead atoms. The lowest BCUT2D eigenvalue weighted by molar-refractivity contribution is 0.745. The predicted octanol–water partition coefficient (Wildman–Crippen LogP) is 13.7. The van der Waals surface area contributed by atoms with E-state index in [4.69, 9.17) is 0 Å². The van der Waals surface area contributed by atoms with Crippen molar-refractivity contribution >= 4 is 76.8 Å². The normalized spacial score (nSPS) is 16.1. The van der Waals surface area contributed by atoms with Crippen LogP contribution in [0.4, 0.5) is 11.4 Å². The van der Waals surface area contributed by atoms with Crippen molar-refractivity contribution in [2.45, 2.75) is 12.0 Å². The number of aromatic nitrogens is 3. The maximum atomic E-state index is 2.63. The van der Waals surface area contributed by atoms with Crippen LogP contribution in [-0.2, 0) is 0 Å². The van der Waals surface area contributed by atoms with Crippen LogP contribution in [0.3, 0.4) is 0 Å². The number of rotatable bonds is 4. The summed E-state index contributed by atoms with van der Waals surface area (Å²) in [7, 11) is 0. The molecule has 3 aromatic heterocycles. The zero-order valence-electron chi connectivity index (χ0n) is 31.6. The van der Waals surface area contributed by atoms with Crippen LogP contribution in [0.25, 0.3) is 82.5 Å². The number of hydrogen-bond acceptors (Lipinski definition) is 1. The third-order valence-electron chi connectivity index (χ3n) is 12.7. The number of nitrogens with zero attached hydrogens (tertiary/aromatic N) is 4. The Kier molecular flexibility index (Phi) is 6.53.